The first kappa shape index (κ1) is 15.0. The molecule has 2 N–H and O–H groups in total. The van der Waals surface area contributed by atoms with E-state index in [1.54, 1.807) is 13.8 Å². The summed E-state index contributed by atoms with van der Waals surface area (Å²) >= 11 is 0. The molecule has 0 spiro atoms. The molecule has 0 radical (unpaired) electrons. The van der Waals surface area contributed by atoms with Crippen molar-refractivity contribution < 1.29 is 19.8 Å². The van der Waals surface area contributed by atoms with Crippen LogP contribution in [0.4, 0.5) is 0 Å². The van der Waals surface area contributed by atoms with Gasteiger partial charge in [0.05, 0.1) is 0 Å². The van der Waals surface area contributed by atoms with Crippen LogP contribution in [0.1, 0.15) is 27.2 Å². The molecule has 0 saturated heterocycles. The van der Waals surface area contributed by atoms with Gasteiger partial charge in [0.15, 0.2) is 5.41 Å². The quantitative estimate of drug-likeness (QED) is 0.492. The molecule has 0 aromatic heterocycles. The van der Waals surface area contributed by atoms with Gasteiger partial charge >= 0.3 is 30.8 Å². The van der Waals surface area contributed by atoms with E-state index in [0.717, 1.165) is 0 Å². The van der Waals surface area contributed by atoms with Gasteiger partial charge in [0.25, 0.3) is 0 Å². The van der Waals surface area contributed by atoms with E-state index in [1.807, 2.05) is 0 Å². The third-order valence-electron chi connectivity index (χ3n) is 2.49. The number of hydrogen-bond donors (Lipinski definition) is 2. The normalized spacial score (nSPS) is 12.8. The fourth-order valence-electron chi connectivity index (χ4n) is 0.921. The van der Waals surface area contributed by atoms with E-state index in [1.165, 1.54) is 6.92 Å². The Bertz CT molecular complexity index is 188. The second-order valence-electron chi connectivity index (χ2n) is 3.12. The summed E-state index contributed by atoms with van der Waals surface area (Å²) in [6, 6.07) is 0. The van der Waals surface area contributed by atoms with Crippen molar-refractivity contribution in [1.82, 2.24) is 0 Å². The third-order valence-corrected chi connectivity index (χ3v) is 2.49. The van der Waals surface area contributed by atoms with Gasteiger partial charge in [-0.15, -0.1) is 0 Å². The molecule has 0 saturated carbocycles. The predicted octanol–water partition coefficient (Wildman–Crippen LogP) is 0.559. The zero-order chi connectivity index (χ0) is 9.94. The Morgan fingerprint density at radius 2 is 1.62 bits per heavy atom. The van der Waals surface area contributed by atoms with Gasteiger partial charge in [0.2, 0.25) is 0 Å². The van der Waals surface area contributed by atoms with Gasteiger partial charge in [-0.05, 0) is 12.8 Å². The minimum absolute atomic E-state index is 0. The molecular weight excluding hydrogens is 167 g/mol. The van der Waals surface area contributed by atoms with E-state index in [9.17, 15) is 9.59 Å². The molecule has 4 nitrogen and oxygen atoms in total. The van der Waals surface area contributed by atoms with Gasteiger partial charge in [-0.3, -0.25) is 9.59 Å². The topological polar surface area (TPSA) is 74.6 Å². The number of aliphatic carboxylic acids is 2. The van der Waals surface area contributed by atoms with E-state index < -0.39 is 17.4 Å². The predicted molar refractivity (Wildman–Crippen MR) is 50.0 cm³/mol. The van der Waals surface area contributed by atoms with Gasteiger partial charge in [-0.2, -0.15) is 0 Å². The van der Waals surface area contributed by atoms with E-state index >= 15 is 0 Å². The first-order valence-electron chi connectivity index (χ1n) is 3.84. The molecule has 0 aliphatic heterocycles. The second-order valence-corrected chi connectivity index (χ2v) is 3.12. The Hall–Kier alpha value is -0.463. The minimum atomic E-state index is -1.66. The molecule has 0 bridgehead atoms. The monoisotopic (exact) mass is 182 g/mol. The van der Waals surface area contributed by atoms with Gasteiger partial charge in [0.1, 0.15) is 0 Å². The van der Waals surface area contributed by atoms with Crippen LogP contribution in [0.5, 0.6) is 0 Å². The summed E-state index contributed by atoms with van der Waals surface area (Å²) in [6.45, 7) is 4.64. The molecule has 1 unspecified atom stereocenters. The van der Waals surface area contributed by atoms with Crippen LogP contribution in [0, 0.1) is 11.3 Å². The van der Waals surface area contributed by atoms with E-state index in [4.69, 9.17) is 10.2 Å². The van der Waals surface area contributed by atoms with E-state index in [0.29, 0.717) is 6.42 Å². The SMILES string of the molecule is CCC(C)C(C)(C(=O)O)C(=O)O.[LiH]. The van der Waals surface area contributed by atoms with E-state index in [2.05, 4.69) is 0 Å². The van der Waals surface area contributed by atoms with Crippen LogP contribution >= 0.6 is 0 Å². The zero-order valence-electron chi connectivity index (χ0n) is 7.50. The van der Waals surface area contributed by atoms with Crippen LogP contribution in [0.25, 0.3) is 0 Å². The summed E-state index contributed by atoms with van der Waals surface area (Å²) in [5.41, 5.74) is -1.66. The van der Waals surface area contributed by atoms with Gasteiger partial charge in [-0.25, -0.2) is 0 Å². The number of carboxylic acid groups (broad SMARTS) is 2. The van der Waals surface area contributed by atoms with Crippen molar-refractivity contribution in [1.29, 1.82) is 0 Å². The molecule has 0 aliphatic rings. The number of carbonyl (C=O) groups is 2. The molecule has 0 fully saturated rings. The van der Waals surface area contributed by atoms with Crippen LogP contribution in [-0.4, -0.2) is 41.0 Å². The zero-order valence-corrected chi connectivity index (χ0v) is 7.50. The van der Waals surface area contributed by atoms with Crippen LogP contribution in [0.3, 0.4) is 0 Å². The second kappa shape index (κ2) is 5.31. The van der Waals surface area contributed by atoms with Crippen LogP contribution in [0.15, 0.2) is 0 Å². The molecule has 0 aromatic rings. The maximum atomic E-state index is 10.7. The van der Waals surface area contributed by atoms with Crippen LogP contribution in [-0.2, 0) is 9.59 Å². The first-order valence-corrected chi connectivity index (χ1v) is 3.84. The summed E-state index contributed by atoms with van der Waals surface area (Å²) in [7, 11) is 0. The standard InChI is InChI=1S/C8H14O4.Li.H/c1-4-5(2)8(3,6(9)10)7(11)12;;/h5H,4H2,1-3H3,(H,9,10)(H,11,12);;. The van der Waals surface area contributed by atoms with Crippen molar-refractivity contribution in [2.75, 3.05) is 0 Å². The molecule has 5 heteroatoms. The van der Waals surface area contributed by atoms with Crippen molar-refractivity contribution in [2.24, 2.45) is 11.3 Å². The fourth-order valence-corrected chi connectivity index (χ4v) is 0.921. The third kappa shape index (κ3) is 2.75. The van der Waals surface area contributed by atoms with Crippen molar-refractivity contribution in [3.8, 4) is 0 Å². The number of hydrogen-bond acceptors (Lipinski definition) is 2. The first-order chi connectivity index (χ1) is 5.37. The Balaban J connectivity index is 0. The van der Waals surface area contributed by atoms with Crippen molar-refractivity contribution in [3.05, 3.63) is 0 Å². The average molecular weight is 182 g/mol. The molecule has 13 heavy (non-hydrogen) atoms. The number of rotatable bonds is 4. The Morgan fingerprint density at radius 1 is 1.31 bits per heavy atom. The van der Waals surface area contributed by atoms with Gasteiger partial charge in [0, 0.05) is 0 Å². The van der Waals surface area contributed by atoms with E-state index in [-0.39, 0.29) is 24.8 Å². The molecule has 1 atom stereocenters. The summed E-state index contributed by atoms with van der Waals surface area (Å²) in [5, 5.41) is 17.4. The Kier molecular flexibility index (Phi) is 6.14. The van der Waals surface area contributed by atoms with Crippen molar-refractivity contribution in [2.45, 2.75) is 27.2 Å². The molecule has 0 amide bonds. The average Bonchev–Trinajstić information content (AvgIpc) is 2.00. The van der Waals surface area contributed by atoms with Crippen molar-refractivity contribution >= 4 is 30.8 Å². The summed E-state index contributed by atoms with van der Waals surface area (Å²) in [6.07, 6.45) is 0.537. The van der Waals surface area contributed by atoms with Gasteiger partial charge < -0.3 is 10.2 Å². The Labute approximate surface area is 89.5 Å². The summed E-state index contributed by atoms with van der Waals surface area (Å²) in [5.74, 6) is -2.92. The molecule has 0 aliphatic carbocycles. The summed E-state index contributed by atoms with van der Waals surface area (Å²) in [4.78, 5) is 21.4. The molecule has 0 rings (SSSR count). The van der Waals surface area contributed by atoms with Crippen LogP contribution < -0.4 is 0 Å². The molecule has 0 heterocycles. The summed E-state index contributed by atoms with van der Waals surface area (Å²) < 4.78 is 0. The molecule has 72 valence electrons. The Morgan fingerprint density at radius 3 is 1.69 bits per heavy atom. The molecule has 0 aromatic carbocycles. The van der Waals surface area contributed by atoms with Crippen molar-refractivity contribution in [3.63, 3.8) is 0 Å². The molecular formula is C8H15LiO4. The maximum absolute atomic E-state index is 10.7. The fraction of sp³-hybridized carbons (Fsp3) is 0.750. The number of carboxylic acids is 2. The van der Waals surface area contributed by atoms with Crippen LogP contribution in [0.2, 0.25) is 0 Å². The van der Waals surface area contributed by atoms with Gasteiger partial charge in [-0.1, -0.05) is 20.3 Å².